The van der Waals surface area contributed by atoms with Crippen LogP contribution >= 0.6 is 12.6 Å². The Bertz CT molecular complexity index is 384. The maximum absolute atomic E-state index is 4.99. The van der Waals surface area contributed by atoms with Gasteiger partial charge in [-0.2, -0.15) is 12.6 Å². The maximum Gasteiger partial charge on any atom is 0.0364 e. The summed E-state index contributed by atoms with van der Waals surface area (Å²) in [6, 6.07) is 0.583. The van der Waals surface area contributed by atoms with Crippen molar-refractivity contribution < 1.29 is 0 Å². The fourth-order valence-corrected chi connectivity index (χ4v) is 3.50. The molecule has 0 bridgehead atoms. The Kier molecular flexibility index (Phi) is 7.83. The molecule has 1 nitrogen and oxygen atoms in total. The third-order valence-electron chi connectivity index (χ3n) is 4.57. The first-order chi connectivity index (χ1) is 9.90. The summed E-state index contributed by atoms with van der Waals surface area (Å²) < 4.78 is -0.0888. The molecule has 1 heterocycles. The first kappa shape index (κ1) is 18.6. The largest absolute Gasteiger partial charge is 0.301 e. The van der Waals surface area contributed by atoms with E-state index in [0.717, 1.165) is 12.3 Å². The molecule has 0 spiro atoms. The second-order valence-corrected chi connectivity index (χ2v) is 7.68. The molecule has 1 saturated heterocycles. The lowest BCUT2D eigenvalue weighted by molar-refractivity contribution is 0.137. The van der Waals surface area contributed by atoms with Gasteiger partial charge in [0.05, 0.1) is 0 Å². The summed E-state index contributed by atoms with van der Waals surface area (Å²) in [4.78, 5) is 2.64. The van der Waals surface area contributed by atoms with Crippen LogP contribution in [0.1, 0.15) is 53.9 Å². The Morgan fingerprint density at radius 1 is 1.29 bits per heavy atom. The molecule has 1 fully saturated rings. The molecule has 0 aromatic rings. The molecule has 21 heavy (non-hydrogen) atoms. The fraction of sp³-hybridized carbons (Fsp3) is 0.684. The van der Waals surface area contributed by atoms with Crippen LogP contribution in [-0.4, -0.2) is 28.8 Å². The molecule has 0 radical (unpaired) electrons. The summed E-state index contributed by atoms with van der Waals surface area (Å²) in [5, 5.41) is 0. The lowest BCUT2D eigenvalue weighted by atomic mass is 9.90. The molecular weight excluding hydrogens is 274 g/mol. The molecule has 120 valence electrons. The average Bonchev–Trinajstić information content (AvgIpc) is 2.43. The van der Waals surface area contributed by atoms with Gasteiger partial charge in [-0.05, 0) is 71.5 Å². The smallest absolute Gasteiger partial charge is 0.0364 e. The zero-order valence-electron chi connectivity index (χ0n) is 14.5. The summed E-state index contributed by atoms with van der Waals surface area (Å²) in [6.07, 6.45) is 14.4. The lowest BCUT2D eigenvalue weighted by Gasteiger charge is -2.38. The van der Waals surface area contributed by atoms with Crippen LogP contribution < -0.4 is 0 Å². The van der Waals surface area contributed by atoms with E-state index < -0.39 is 0 Å². The third kappa shape index (κ3) is 6.04. The molecule has 0 aromatic heterocycles. The van der Waals surface area contributed by atoms with Crippen molar-refractivity contribution in [1.29, 1.82) is 0 Å². The summed E-state index contributed by atoms with van der Waals surface area (Å²) in [5.74, 6) is 0.893. The third-order valence-corrected chi connectivity index (χ3v) is 5.01. The van der Waals surface area contributed by atoms with Gasteiger partial charge in [-0.3, -0.25) is 0 Å². The lowest BCUT2D eigenvalue weighted by Crippen LogP contribution is -2.42. The molecule has 1 rings (SSSR count). The summed E-state index contributed by atoms with van der Waals surface area (Å²) in [6.45, 7) is 13.6. The minimum Gasteiger partial charge on any atom is -0.301 e. The average molecular weight is 308 g/mol. The molecule has 2 atom stereocenters. The fourth-order valence-electron chi connectivity index (χ4n) is 3.09. The van der Waals surface area contributed by atoms with E-state index in [9.17, 15) is 0 Å². The first-order valence-corrected chi connectivity index (χ1v) is 8.78. The Balaban J connectivity index is 2.72. The number of allylic oxidation sites excluding steroid dienone is 5. The molecular formula is C19H33NS. The Hall–Kier alpha value is -0.470. The molecule has 0 N–H and O–H groups in total. The minimum absolute atomic E-state index is 0.0888. The standard InChI is InChI=1S/C19H33NS/c1-6-8-10-18(9-7-2)19(5,21)15-17(4)20-13-11-16(3)12-14-20/h6-10,16-17,21H,11-15H2,1-5H3/b8-6-,9-7-,18-10+. The van der Waals surface area contributed by atoms with Crippen LogP contribution in [0.25, 0.3) is 0 Å². The Morgan fingerprint density at radius 2 is 1.90 bits per heavy atom. The summed E-state index contributed by atoms with van der Waals surface area (Å²) in [5.41, 5.74) is 1.30. The number of hydrogen-bond donors (Lipinski definition) is 1. The molecule has 2 unspecified atom stereocenters. The van der Waals surface area contributed by atoms with Crippen molar-refractivity contribution in [3.63, 3.8) is 0 Å². The van der Waals surface area contributed by atoms with E-state index in [1.54, 1.807) is 0 Å². The van der Waals surface area contributed by atoms with Crippen molar-refractivity contribution in [2.45, 2.75) is 64.7 Å². The van der Waals surface area contributed by atoms with Gasteiger partial charge in [0.2, 0.25) is 0 Å². The van der Waals surface area contributed by atoms with Crippen LogP contribution in [0.15, 0.2) is 36.0 Å². The second-order valence-electron chi connectivity index (χ2n) is 6.69. The van der Waals surface area contributed by atoms with Gasteiger partial charge in [-0.25, -0.2) is 0 Å². The molecule has 0 amide bonds. The number of thiol groups is 1. The van der Waals surface area contributed by atoms with E-state index in [1.807, 2.05) is 0 Å². The van der Waals surface area contributed by atoms with Gasteiger partial charge in [-0.1, -0.05) is 37.3 Å². The van der Waals surface area contributed by atoms with Crippen molar-refractivity contribution in [2.24, 2.45) is 5.92 Å². The highest BCUT2D eigenvalue weighted by atomic mass is 32.1. The topological polar surface area (TPSA) is 3.24 Å². The number of likely N-dealkylation sites (tertiary alicyclic amines) is 1. The number of piperidine rings is 1. The van der Waals surface area contributed by atoms with E-state index >= 15 is 0 Å². The van der Waals surface area contributed by atoms with Crippen LogP contribution in [0.2, 0.25) is 0 Å². The number of hydrogen-bond acceptors (Lipinski definition) is 2. The highest BCUT2D eigenvalue weighted by Crippen LogP contribution is 2.33. The second kappa shape index (κ2) is 8.85. The van der Waals surface area contributed by atoms with Crippen LogP contribution in [-0.2, 0) is 0 Å². The van der Waals surface area contributed by atoms with Crippen molar-refractivity contribution in [2.75, 3.05) is 13.1 Å². The number of rotatable bonds is 6. The zero-order valence-corrected chi connectivity index (χ0v) is 15.4. The maximum atomic E-state index is 4.99. The van der Waals surface area contributed by atoms with Crippen molar-refractivity contribution in [3.8, 4) is 0 Å². The molecule has 1 aliphatic heterocycles. The van der Waals surface area contributed by atoms with Gasteiger partial charge in [0, 0.05) is 10.8 Å². The van der Waals surface area contributed by atoms with E-state index in [0.29, 0.717) is 6.04 Å². The minimum atomic E-state index is -0.0888. The van der Waals surface area contributed by atoms with Crippen molar-refractivity contribution >= 4 is 12.6 Å². The number of nitrogens with zero attached hydrogens (tertiary/aromatic N) is 1. The molecule has 0 saturated carbocycles. The zero-order chi connectivity index (χ0) is 15.9. The van der Waals surface area contributed by atoms with Crippen LogP contribution in [0.5, 0.6) is 0 Å². The molecule has 0 aromatic carbocycles. The monoisotopic (exact) mass is 307 g/mol. The van der Waals surface area contributed by atoms with Crippen molar-refractivity contribution in [3.05, 3.63) is 36.0 Å². The van der Waals surface area contributed by atoms with Gasteiger partial charge >= 0.3 is 0 Å². The van der Waals surface area contributed by atoms with E-state index in [-0.39, 0.29) is 4.75 Å². The first-order valence-electron chi connectivity index (χ1n) is 8.33. The quantitative estimate of drug-likeness (QED) is 0.517. The summed E-state index contributed by atoms with van der Waals surface area (Å²) >= 11 is 4.99. The molecule has 0 aliphatic carbocycles. The molecule has 1 aliphatic rings. The van der Waals surface area contributed by atoms with E-state index in [1.165, 1.54) is 31.5 Å². The predicted octanol–water partition coefficient (Wildman–Crippen LogP) is 5.26. The van der Waals surface area contributed by atoms with Crippen LogP contribution in [0, 0.1) is 5.92 Å². The highest BCUT2D eigenvalue weighted by Gasteiger charge is 2.29. The van der Waals surface area contributed by atoms with Gasteiger partial charge in [0.15, 0.2) is 0 Å². The van der Waals surface area contributed by atoms with Crippen molar-refractivity contribution in [1.82, 2.24) is 4.90 Å². The van der Waals surface area contributed by atoms with E-state index in [4.69, 9.17) is 12.6 Å². The van der Waals surface area contributed by atoms with E-state index in [2.05, 4.69) is 69.9 Å². The van der Waals surface area contributed by atoms with Gasteiger partial charge in [-0.15, -0.1) is 0 Å². The highest BCUT2D eigenvalue weighted by molar-refractivity contribution is 7.82. The Morgan fingerprint density at radius 3 is 2.43 bits per heavy atom. The van der Waals surface area contributed by atoms with Gasteiger partial charge in [0.1, 0.15) is 0 Å². The SMILES string of the molecule is C\C=C/C=C(\C=C/C)C(C)(S)CC(C)N1CCC(C)CC1. The molecule has 2 heteroatoms. The Labute approximate surface area is 137 Å². The van der Waals surface area contributed by atoms with Gasteiger partial charge < -0.3 is 4.90 Å². The summed E-state index contributed by atoms with van der Waals surface area (Å²) in [7, 11) is 0. The van der Waals surface area contributed by atoms with Crippen LogP contribution in [0.3, 0.4) is 0 Å². The van der Waals surface area contributed by atoms with Gasteiger partial charge in [0.25, 0.3) is 0 Å². The van der Waals surface area contributed by atoms with Crippen LogP contribution in [0.4, 0.5) is 0 Å². The predicted molar refractivity (Wildman–Crippen MR) is 99.2 cm³/mol. The normalized spacial score (nSPS) is 23.8.